The summed E-state index contributed by atoms with van der Waals surface area (Å²) in [5.41, 5.74) is 4.44. The fourth-order valence-corrected chi connectivity index (χ4v) is 4.10. The maximum absolute atomic E-state index is 12.9. The number of carbonyl (C=O) groups excluding carboxylic acids is 3. The molecule has 5 rings (SSSR count). The molecule has 4 aromatic rings. The molecule has 2 N–H and O–H groups in total. The van der Waals surface area contributed by atoms with Crippen molar-refractivity contribution in [3.05, 3.63) is 96.2 Å². The second kappa shape index (κ2) is 8.15. The largest absolute Gasteiger partial charge is 0.361 e. The van der Waals surface area contributed by atoms with E-state index in [2.05, 4.69) is 10.3 Å². The first-order valence-corrected chi connectivity index (χ1v) is 10.5. The predicted molar refractivity (Wildman–Crippen MR) is 122 cm³/mol. The van der Waals surface area contributed by atoms with E-state index in [9.17, 15) is 14.4 Å². The second-order valence-electron chi connectivity index (χ2n) is 7.86. The first kappa shape index (κ1) is 19.8. The molecule has 3 aromatic carbocycles. The number of hydrogen-bond donors (Lipinski definition) is 2. The number of fused-ring (bicyclic) bond motifs is 1. The number of imide groups is 1. The van der Waals surface area contributed by atoms with E-state index in [1.807, 2.05) is 72.9 Å². The molecule has 6 nitrogen and oxygen atoms in total. The highest BCUT2D eigenvalue weighted by molar-refractivity contribution is 6.09. The summed E-state index contributed by atoms with van der Waals surface area (Å²) >= 11 is 0. The first-order chi connectivity index (χ1) is 15.6. The SMILES string of the molecule is O=C(CN1C(=O)NC(Cc2c[nH]c3ccccc23)C1=O)c1ccc(-c2ccccc2)cc1. The molecule has 1 aromatic heterocycles. The van der Waals surface area contributed by atoms with Crippen molar-refractivity contribution in [2.75, 3.05) is 6.54 Å². The molecular formula is C26H21N3O3. The van der Waals surface area contributed by atoms with Crippen LogP contribution in [0, 0.1) is 0 Å². The van der Waals surface area contributed by atoms with Crippen LogP contribution in [0.4, 0.5) is 4.79 Å². The van der Waals surface area contributed by atoms with Crippen molar-refractivity contribution in [3.63, 3.8) is 0 Å². The highest BCUT2D eigenvalue weighted by Crippen LogP contribution is 2.22. The summed E-state index contributed by atoms with van der Waals surface area (Å²) in [5.74, 6) is -0.657. The second-order valence-corrected chi connectivity index (χ2v) is 7.86. The smallest absolute Gasteiger partial charge is 0.325 e. The van der Waals surface area contributed by atoms with Crippen molar-refractivity contribution in [1.82, 2.24) is 15.2 Å². The summed E-state index contributed by atoms with van der Waals surface area (Å²) in [6, 6.07) is 23.6. The lowest BCUT2D eigenvalue weighted by molar-refractivity contribution is -0.127. The van der Waals surface area contributed by atoms with Gasteiger partial charge in [0.1, 0.15) is 6.04 Å². The van der Waals surface area contributed by atoms with Gasteiger partial charge in [-0.05, 0) is 22.8 Å². The van der Waals surface area contributed by atoms with Gasteiger partial charge in [0.25, 0.3) is 5.91 Å². The van der Waals surface area contributed by atoms with Crippen LogP contribution in [0.25, 0.3) is 22.0 Å². The Labute approximate surface area is 184 Å². The number of benzene rings is 3. The first-order valence-electron chi connectivity index (χ1n) is 10.5. The highest BCUT2D eigenvalue weighted by Gasteiger charge is 2.39. The Hall–Kier alpha value is -4.19. The van der Waals surface area contributed by atoms with E-state index in [4.69, 9.17) is 0 Å². The molecule has 0 aliphatic carbocycles. The molecule has 1 atom stereocenters. The van der Waals surface area contributed by atoms with E-state index in [0.717, 1.165) is 32.5 Å². The molecule has 6 heteroatoms. The number of nitrogens with one attached hydrogen (secondary N) is 2. The van der Waals surface area contributed by atoms with Crippen LogP contribution in [0.1, 0.15) is 15.9 Å². The number of urea groups is 1. The molecule has 0 radical (unpaired) electrons. The number of Topliss-reactive ketones (excluding diaryl/α,β-unsaturated/α-hetero) is 1. The molecule has 32 heavy (non-hydrogen) atoms. The van der Waals surface area contributed by atoms with Gasteiger partial charge in [0.15, 0.2) is 5.78 Å². The number of ketones is 1. The Bertz CT molecular complexity index is 1310. The molecule has 0 spiro atoms. The predicted octanol–water partition coefficient (Wildman–Crippen LogP) is 4.18. The van der Waals surface area contributed by atoms with Crippen LogP contribution in [-0.4, -0.2) is 40.2 Å². The van der Waals surface area contributed by atoms with Crippen LogP contribution in [0.15, 0.2) is 85.1 Å². The average Bonchev–Trinajstić information content (AvgIpc) is 3.36. The summed E-state index contributed by atoms with van der Waals surface area (Å²) in [6.07, 6.45) is 2.22. The molecule has 2 heterocycles. The Morgan fingerprint density at radius 3 is 2.31 bits per heavy atom. The van der Waals surface area contributed by atoms with Gasteiger partial charge in [0.2, 0.25) is 0 Å². The lowest BCUT2D eigenvalue weighted by Gasteiger charge is -2.12. The number of carbonyl (C=O) groups is 3. The van der Waals surface area contributed by atoms with Gasteiger partial charge in [-0.1, -0.05) is 72.8 Å². The number of para-hydroxylation sites is 1. The molecule has 1 aliphatic rings. The van der Waals surface area contributed by atoms with Crippen molar-refractivity contribution in [2.24, 2.45) is 0 Å². The van der Waals surface area contributed by atoms with Crippen LogP contribution >= 0.6 is 0 Å². The van der Waals surface area contributed by atoms with E-state index in [1.165, 1.54) is 0 Å². The third kappa shape index (κ3) is 3.67. The number of amides is 3. The van der Waals surface area contributed by atoms with Crippen molar-refractivity contribution in [1.29, 1.82) is 0 Å². The summed E-state index contributed by atoms with van der Waals surface area (Å²) in [7, 11) is 0. The van der Waals surface area contributed by atoms with E-state index < -0.39 is 12.1 Å². The van der Waals surface area contributed by atoms with E-state index in [0.29, 0.717) is 12.0 Å². The minimum atomic E-state index is -0.685. The topological polar surface area (TPSA) is 82.3 Å². The van der Waals surface area contributed by atoms with E-state index >= 15 is 0 Å². The third-order valence-corrected chi connectivity index (χ3v) is 5.82. The van der Waals surface area contributed by atoms with Crippen molar-refractivity contribution >= 4 is 28.6 Å². The minimum absolute atomic E-state index is 0.277. The fraction of sp³-hybridized carbons (Fsp3) is 0.115. The van der Waals surface area contributed by atoms with E-state index in [-0.39, 0.29) is 18.2 Å². The van der Waals surface area contributed by atoms with Crippen molar-refractivity contribution in [3.8, 4) is 11.1 Å². The molecule has 1 saturated heterocycles. The van der Waals surface area contributed by atoms with Gasteiger partial charge in [0.05, 0.1) is 6.54 Å². The highest BCUT2D eigenvalue weighted by atomic mass is 16.2. The van der Waals surface area contributed by atoms with Gasteiger partial charge in [-0.15, -0.1) is 0 Å². The molecule has 0 saturated carbocycles. The maximum Gasteiger partial charge on any atom is 0.325 e. The van der Waals surface area contributed by atoms with Gasteiger partial charge in [-0.2, -0.15) is 0 Å². The van der Waals surface area contributed by atoms with Gasteiger partial charge < -0.3 is 10.3 Å². The van der Waals surface area contributed by atoms with Gasteiger partial charge >= 0.3 is 6.03 Å². The number of aromatic nitrogens is 1. The number of nitrogens with zero attached hydrogens (tertiary/aromatic N) is 1. The molecule has 1 aliphatic heterocycles. The third-order valence-electron chi connectivity index (χ3n) is 5.82. The number of rotatable bonds is 6. The standard InChI is InChI=1S/C26H21N3O3/c30-24(19-12-10-18(11-13-19)17-6-2-1-3-7-17)16-29-25(31)23(28-26(29)32)14-20-15-27-22-9-5-4-8-21(20)22/h1-13,15,23,27H,14,16H2,(H,28,32). The Morgan fingerprint density at radius 1 is 0.844 bits per heavy atom. The van der Waals surface area contributed by atoms with Crippen molar-refractivity contribution in [2.45, 2.75) is 12.5 Å². The van der Waals surface area contributed by atoms with Gasteiger partial charge in [0, 0.05) is 29.1 Å². The molecule has 1 fully saturated rings. The quantitative estimate of drug-likeness (QED) is 0.361. The molecule has 158 valence electrons. The normalized spacial score (nSPS) is 15.9. The minimum Gasteiger partial charge on any atom is -0.361 e. The summed E-state index contributed by atoms with van der Waals surface area (Å²) < 4.78 is 0. The number of H-pyrrole nitrogens is 1. The van der Waals surface area contributed by atoms with E-state index in [1.54, 1.807) is 12.1 Å². The lowest BCUT2D eigenvalue weighted by Crippen LogP contribution is -2.36. The zero-order valence-corrected chi connectivity index (χ0v) is 17.2. The molecular weight excluding hydrogens is 402 g/mol. The van der Waals surface area contributed by atoms with Gasteiger partial charge in [-0.3, -0.25) is 14.5 Å². The maximum atomic E-state index is 12.9. The zero-order chi connectivity index (χ0) is 22.1. The zero-order valence-electron chi connectivity index (χ0n) is 17.2. The molecule has 0 bridgehead atoms. The van der Waals surface area contributed by atoms with Gasteiger partial charge in [-0.25, -0.2) is 4.79 Å². The Balaban J connectivity index is 1.27. The molecule has 1 unspecified atom stereocenters. The van der Waals surface area contributed by atoms with Crippen LogP contribution in [0.5, 0.6) is 0 Å². The Kier molecular flexibility index (Phi) is 5.03. The summed E-state index contributed by atoms with van der Waals surface area (Å²) in [4.78, 5) is 42.2. The average molecular weight is 423 g/mol. The summed E-state index contributed by atoms with van der Waals surface area (Å²) in [5, 5.41) is 3.73. The number of hydrogen-bond acceptors (Lipinski definition) is 3. The molecule has 3 amide bonds. The lowest BCUT2D eigenvalue weighted by atomic mass is 10.0. The van der Waals surface area contributed by atoms with Crippen LogP contribution in [0.3, 0.4) is 0 Å². The van der Waals surface area contributed by atoms with Crippen LogP contribution < -0.4 is 5.32 Å². The number of aromatic amines is 1. The van der Waals surface area contributed by atoms with Crippen molar-refractivity contribution < 1.29 is 14.4 Å². The fourth-order valence-electron chi connectivity index (χ4n) is 4.10. The van der Waals surface area contributed by atoms with Crippen LogP contribution in [-0.2, 0) is 11.2 Å². The Morgan fingerprint density at radius 2 is 1.53 bits per heavy atom. The summed E-state index contributed by atoms with van der Waals surface area (Å²) in [6.45, 7) is -0.278. The monoisotopic (exact) mass is 423 g/mol. The van der Waals surface area contributed by atoms with Crippen LogP contribution in [0.2, 0.25) is 0 Å².